The fourth-order valence-electron chi connectivity index (χ4n) is 3.27. The predicted octanol–water partition coefficient (Wildman–Crippen LogP) is 3.77. The van der Waals surface area contributed by atoms with Crippen LogP contribution >= 0.6 is 0 Å². The molecule has 1 heterocycles. The Morgan fingerprint density at radius 1 is 1.07 bits per heavy atom. The molecule has 1 aliphatic rings. The van der Waals surface area contributed by atoms with E-state index in [9.17, 15) is 12.8 Å². The number of aryl methyl sites for hydroxylation is 1. The first-order chi connectivity index (χ1) is 12.9. The summed E-state index contributed by atoms with van der Waals surface area (Å²) in [5, 5.41) is 1.19. The Morgan fingerprint density at radius 2 is 1.70 bits per heavy atom. The summed E-state index contributed by atoms with van der Waals surface area (Å²) in [6, 6.07) is 13.9. The first-order valence-electron chi connectivity index (χ1n) is 8.97. The number of ether oxygens (including phenoxy) is 1. The zero-order chi connectivity index (χ0) is 19.3. The van der Waals surface area contributed by atoms with Gasteiger partial charge in [-0.2, -0.15) is 0 Å². The van der Waals surface area contributed by atoms with Crippen molar-refractivity contribution in [2.24, 2.45) is 0 Å². The second-order valence-electron chi connectivity index (χ2n) is 6.98. The van der Waals surface area contributed by atoms with Gasteiger partial charge in [0.1, 0.15) is 5.82 Å². The molecule has 0 unspecified atom stereocenters. The molecule has 0 amide bonds. The fraction of sp³-hybridized carbons (Fsp3) is 0.333. The summed E-state index contributed by atoms with van der Waals surface area (Å²) in [6.45, 7) is 3.34. The molecule has 0 atom stereocenters. The Bertz CT molecular complexity index is 884. The lowest BCUT2D eigenvalue weighted by molar-refractivity contribution is 0.0517. The Labute approximate surface area is 160 Å². The molecule has 0 bridgehead atoms. The van der Waals surface area contributed by atoms with Crippen molar-refractivity contribution in [3.05, 3.63) is 76.4 Å². The summed E-state index contributed by atoms with van der Waals surface area (Å²) in [7, 11) is -3.59. The molecule has 1 aliphatic heterocycles. The van der Waals surface area contributed by atoms with Gasteiger partial charge >= 0.3 is 0 Å². The zero-order valence-corrected chi connectivity index (χ0v) is 16.1. The standard InChI is InChI=1S/C21H24FNO3S/c1-17-2-4-18(5-3-17)10-15-27(24,25)23-16-21(11-13-26-14-12-21)19-6-8-20(22)9-7-19/h2-10,15,23H,11-14,16H2,1H3. The van der Waals surface area contributed by atoms with Gasteiger partial charge in [0.2, 0.25) is 10.0 Å². The van der Waals surface area contributed by atoms with Crippen LogP contribution in [0.1, 0.15) is 29.5 Å². The zero-order valence-electron chi connectivity index (χ0n) is 15.3. The first-order valence-corrected chi connectivity index (χ1v) is 10.5. The lowest BCUT2D eigenvalue weighted by Crippen LogP contribution is -2.44. The summed E-state index contributed by atoms with van der Waals surface area (Å²) in [6.07, 6.45) is 2.95. The van der Waals surface area contributed by atoms with Gasteiger partial charge in [0, 0.05) is 30.6 Å². The SMILES string of the molecule is Cc1ccc(C=CS(=O)(=O)NCC2(c3ccc(F)cc3)CCOCC2)cc1. The largest absolute Gasteiger partial charge is 0.381 e. The molecule has 0 aliphatic carbocycles. The Morgan fingerprint density at radius 3 is 2.33 bits per heavy atom. The quantitative estimate of drug-likeness (QED) is 0.818. The average molecular weight is 389 g/mol. The smallest absolute Gasteiger partial charge is 0.233 e. The summed E-state index contributed by atoms with van der Waals surface area (Å²) in [5.74, 6) is -0.303. The number of sulfonamides is 1. The molecular weight excluding hydrogens is 365 g/mol. The molecule has 0 saturated carbocycles. The minimum Gasteiger partial charge on any atom is -0.381 e. The normalized spacial score (nSPS) is 17.3. The minimum absolute atomic E-state index is 0.253. The van der Waals surface area contributed by atoms with Crippen LogP contribution in [-0.4, -0.2) is 28.2 Å². The van der Waals surface area contributed by atoms with Gasteiger partial charge in [0.25, 0.3) is 0 Å². The molecule has 27 heavy (non-hydrogen) atoms. The number of benzene rings is 2. The summed E-state index contributed by atoms with van der Waals surface area (Å²) in [5.41, 5.74) is 2.48. The molecule has 2 aromatic rings. The van der Waals surface area contributed by atoms with E-state index in [0.29, 0.717) is 26.1 Å². The number of hydrogen-bond donors (Lipinski definition) is 1. The number of hydrogen-bond acceptors (Lipinski definition) is 3. The highest BCUT2D eigenvalue weighted by atomic mass is 32.2. The molecular formula is C21H24FNO3S. The van der Waals surface area contributed by atoms with Crippen molar-refractivity contribution >= 4 is 16.1 Å². The van der Waals surface area contributed by atoms with Gasteiger partial charge < -0.3 is 4.74 Å². The molecule has 1 N–H and O–H groups in total. The van der Waals surface area contributed by atoms with Gasteiger partial charge in [-0.25, -0.2) is 17.5 Å². The summed E-state index contributed by atoms with van der Waals surface area (Å²) >= 11 is 0. The van der Waals surface area contributed by atoms with Crippen LogP contribution in [0, 0.1) is 12.7 Å². The molecule has 1 fully saturated rings. The number of halogens is 1. The van der Waals surface area contributed by atoms with Gasteiger partial charge in [-0.1, -0.05) is 42.0 Å². The lowest BCUT2D eigenvalue weighted by atomic mass is 9.74. The van der Waals surface area contributed by atoms with Gasteiger partial charge in [-0.15, -0.1) is 0 Å². The van der Waals surface area contributed by atoms with Crippen molar-refractivity contribution in [1.82, 2.24) is 4.72 Å². The second kappa shape index (κ2) is 8.33. The van der Waals surface area contributed by atoms with Crippen molar-refractivity contribution in [3.63, 3.8) is 0 Å². The monoisotopic (exact) mass is 389 g/mol. The fourth-order valence-corrected chi connectivity index (χ4v) is 4.18. The second-order valence-corrected chi connectivity index (χ2v) is 8.63. The van der Waals surface area contributed by atoms with E-state index in [1.165, 1.54) is 17.5 Å². The third-order valence-electron chi connectivity index (χ3n) is 5.04. The van der Waals surface area contributed by atoms with Gasteiger partial charge in [-0.3, -0.25) is 0 Å². The third-order valence-corrected chi connectivity index (χ3v) is 6.08. The van der Waals surface area contributed by atoms with Crippen LogP contribution in [0.4, 0.5) is 4.39 Å². The van der Waals surface area contributed by atoms with E-state index in [1.54, 1.807) is 18.2 Å². The molecule has 3 rings (SSSR count). The van der Waals surface area contributed by atoms with Crippen LogP contribution in [0.2, 0.25) is 0 Å². The molecule has 1 saturated heterocycles. The van der Waals surface area contributed by atoms with E-state index < -0.39 is 15.4 Å². The van der Waals surface area contributed by atoms with Crippen LogP contribution in [0.5, 0.6) is 0 Å². The van der Waals surface area contributed by atoms with E-state index >= 15 is 0 Å². The highest BCUT2D eigenvalue weighted by molar-refractivity contribution is 7.92. The van der Waals surface area contributed by atoms with Crippen molar-refractivity contribution in [2.45, 2.75) is 25.2 Å². The average Bonchev–Trinajstić information content (AvgIpc) is 2.67. The Hall–Kier alpha value is -2.02. The van der Waals surface area contributed by atoms with Gasteiger partial charge in [-0.05, 0) is 49.1 Å². The molecule has 0 spiro atoms. The van der Waals surface area contributed by atoms with Crippen LogP contribution in [0.3, 0.4) is 0 Å². The number of nitrogens with one attached hydrogen (secondary N) is 1. The summed E-state index contributed by atoms with van der Waals surface area (Å²) in [4.78, 5) is 0. The van der Waals surface area contributed by atoms with Crippen LogP contribution in [0.15, 0.2) is 53.9 Å². The topological polar surface area (TPSA) is 55.4 Å². The van der Waals surface area contributed by atoms with Crippen LogP contribution < -0.4 is 4.72 Å². The third kappa shape index (κ3) is 5.25. The highest BCUT2D eigenvalue weighted by Crippen LogP contribution is 2.34. The van der Waals surface area contributed by atoms with Crippen molar-refractivity contribution in [3.8, 4) is 0 Å². The minimum atomic E-state index is -3.59. The molecule has 4 nitrogen and oxygen atoms in total. The Kier molecular flexibility index (Phi) is 6.09. The predicted molar refractivity (Wildman–Crippen MR) is 105 cm³/mol. The molecule has 6 heteroatoms. The maximum Gasteiger partial charge on any atom is 0.233 e. The van der Waals surface area contributed by atoms with Crippen molar-refractivity contribution in [1.29, 1.82) is 0 Å². The van der Waals surface area contributed by atoms with Gasteiger partial charge in [0.15, 0.2) is 0 Å². The highest BCUT2D eigenvalue weighted by Gasteiger charge is 2.35. The van der Waals surface area contributed by atoms with Gasteiger partial charge in [0.05, 0.1) is 0 Å². The first kappa shape index (κ1) is 19.7. The van der Waals surface area contributed by atoms with Crippen LogP contribution in [-0.2, 0) is 20.2 Å². The van der Waals surface area contributed by atoms with Crippen LogP contribution in [0.25, 0.3) is 6.08 Å². The maximum absolute atomic E-state index is 13.3. The molecule has 2 aromatic carbocycles. The summed E-state index contributed by atoms with van der Waals surface area (Å²) < 4.78 is 46.4. The van der Waals surface area contributed by atoms with E-state index in [-0.39, 0.29) is 12.4 Å². The number of rotatable bonds is 6. The molecule has 144 valence electrons. The van der Waals surface area contributed by atoms with Crippen molar-refractivity contribution in [2.75, 3.05) is 19.8 Å². The Balaban J connectivity index is 1.74. The van der Waals surface area contributed by atoms with E-state index in [1.807, 2.05) is 31.2 Å². The van der Waals surface area contributed by atoms with Crippen molar-refractivity contribution < 1.29 is 17.5 Å². The van der Waals surface area contributed by atoms with E-state index in [4.69, 9.17) is 4.74 Å². The van der Waals surface area contributed by atoms with E-state index in [2.05, 4.69) is 4.72 Å². The maximum atomic E-state index is 13.3. The molecule has 0 radical (unpaired) electrons. The molecule has 0 aromatic heterocycles. The van der Waals surface area contributed by atoms with E-state index in [0.717, 1.165) is 16.7 Å². The lowest BCUT2D eigenvalue weighted by Gasteiger charge is -2.37.